The number of rotatable bonds is 4. The van der Waals surface area contributed by atoms with Gasteiger partial charge >= 0.3 is 6.09 Å². The van der Waals surface area contributed by atoms with Crippen molar-refractivity contribution in [1.29, 1.82) is 0 Å². The Hall–Kier alpha value is -1.07. The number of carbonyl (C=O) groups is 1. The number of aryl methyl sites for hydroxylation is 1. The largest absolute Gasteiger partial charge is 0.444 e. The molecule has 0 saturated carbocycles. The Morgan fingerprint density at radius 1 is 1.47 bits per heavy atom. The van der Waals surface area contributed by atoms with Crippen LogP contribution >= 0.6 is 15.9 Å². The minimum Gasteiger partial charge on any atom is -0.444 e. The fourth-order valence-electron chi connectivity index (χ4n) is 1.51. The molecule has 0 saturated heterocycles. The van der Waals surface area contributed by atoms with Crippen LogP contribution in [0.2, 0.25) is 0 Å². The quantitative estimate of drug-likeness (QED) is 0.834. The molecule has 1 unspecified atom stereocenters. The Bertz CT molecular complexity index is 429. The number of hydrogen-bond acceptors (Lipinski definition) is 3. The van der Waals surface area contributed by atoms with E-state index in [2.05, 4.69) is 21.2 Å². The van der Waals surface area contributed by atoms with Crippen molar-refractivity contribution in [3.05, 3.63) is 34.3 Å². The first-order valence-corrected chi connectivity index (χ1v) is 6.97. The van der Waals surface area contributed by atoms with Gasteiger partial charge in [0.2, 0.25) is 0 Å². The fourth-order valence-corrected chi connectivity index (χ4v) is 1.96. The first-order chi connectivity index (χ1) is 8.76. The summed E-state index contributed by atoms with van der Waals surface area (Å²) in [6.07, 6.45) is -0.394. The zero-order valence-electron chi connectivity index (χ0n) is 11.4. The molecule has 0 aliphatic carbocycles. The third kappa shape index (κ3) is 7.18. The lowest BCUT2D eigenvalue weighted by Crippen LogP contribution is -2.39. The van der Waals surface area contributed by atoms with E-state index in [-0.39, 0.29) is 0 Å². The second-order valence-corrected chi connectivity index (χ2v) is 6.25. The number of nitrogens with one attached hydrogen (secondary N) is 1. The average molecular weight is 330 g/mol. The highest BCUT2D eigenvalue weighted by Gasteiger charge is 2.18. The van der Waals surface area contributed by atoms with Gasteiger partial charge in [-0.05, 0) is 51.3 Å². The van der Waals surface area contributed by atoms with Crippen LogP contribution in [0.15, 0.2) is 28.7 Å². The Kier molecular flexibility index (Phi) is 5.82. The summed E-state index contributed by atoms with van der Waals surface area (Å²) in [5.74, 6) is 0. The van der Waals surface area contributed by atoms with Gasteiger partial charge < -0.3 is 9.84 Å². The van der Waals surface area contributed by atoms with E-state index in [1.165, 1.54) is 0 Å². The highest BCUT2D eigenvalue weighted by Crippen LogP contribution is 2.13. The Morgan fingerprint density at radius 2 is 2.16 bits per heavy atom. The molecule has 1 amide bonds. The third-order valence-corrected chi connectivity index (χ3v) is 2.77. The van der Waals surface area contributed by atoms with Crippen LogP contribution in [0, 0.1) is 0 Å². The summed E-state index contributed by atoms with van der Waals surface area (Å²) < 4.78 is 6.06. The standard InChI is InChI=1S/C14H20BrNO3/c1-14(2,3)19-13(18)16-12(17)8-7-10-5-4-6-11(15)9-10/h4-6,9,12,17H,7-8H2,1-3H3,(H,16,18). The van der Waals surface area contributed by atoms with Crippen LogP contribution in [0.1, 0.15) is 32.8 Å². The minimum absolute atomic E-state index is 0.440. The van der Waals surface area contributed by atoms with Gasteiger partial charge in [-0.15, -0.1) is 0 Å². The lowest BCUT2D eigenvalue weighted by atomic mass is 10.1. The van der Waals surface area contributed by atoms with Crippen molar-refractivity contribution in [2.24, 2.45) is 0 Å². The zero-order valence-corrected chi connectivity index (χ0v) is 13.0. The van der Waals surface area contributed by atoms with Gasteiger partial charge in [0, 0.05) is 4.47 Å². The summed E-state index contributed by atoms with van der Waals surface area (Å²) in [5.41, 5.74) is 0.535. The zero-order chi connectivity index (χ0) is 14.5. The number of alkyl carbamates (subject to hydrolysis) is 1. The summed E-state index contributed by atoms with van der Waals surface area (Å²) in [5, 5.41) is 12.1. The Morgan fingerprint density at radius 3 is 2.74 bits per heavy atom. The van der Waals surface area contributed by atoms with Crippen molar-refractivity contribution in [3.63, 3.8) is 0 Å². The summed E-state index contributed by atoms with van der Waals surface area (Å²) in [4.78, 5) is 11.4. The average Bonchev–Trinajstić information content (AvgIpc) is 2.23. The molecular weight excluding hydrogens is 310 g/mol. The molecule has 1 aromatic rings. The van der Waals surface area contributed by atoms with Gasteiger partial charge in [0.1, 0.15) is 11.8 Å². The molecule has 1 aromatic carbocycles. The predicted molar refractivity (Wildman–Crippen MR) is 77.8 cm³/mol. The summed E-state index contributed by atoms with van der Waals surface area (Å²) in [7, 11) is 0. The van der Waals surface area contributed by atoms with E-state index >= 15 is 0 Å². The van der Waals surface area contributed by atoms with Crippen LogP contribution in [-0.2, 0) is 11.2 Å². The summed E-state index contributed by atoms with van der Waals surface area (Å²) >= 11 is 3.39. The monoisotopic (exact) mass is 329 g/mol. The van der Waals surface area contributed by atoms with Crippen molar-refractivity contribution < 1.29 is 14.6 Å². The number of ether oxygens (including phenoxy) is 1. The maximum atomic E-state index is 11.4. The van der Waals surface area contributed by atoms with Crippen molar-refractivity contribution in [1.82, 2.24) is 5.32 Å². The first-order valence-electron chi connectivity index (χ1n) is 6.18. The van der Waals surface area contributed by atoms with Crippen molar-refractivity contribution in [2.75, 3.05) is 0 Å². The maximum Gasteiger partial charge on any atom is 0.409 e. The van der Waals surface area contributed by atoms with Gasteiger partial charge in [-0.2, -0.15) is 0 Å². The van der Waals surface area contributed by atoms with Gasteiger partial charge in [0.25, 0.3) is 0 Å². The van der Waals surface area contributed by atoms with Crippen molar-refractivity contribution >= 4 is 22.0 Å². The van der Waals surface area contributed by atoms with Crippen LogP contribution in [-0.4, -0.2) is 23.0 Å². The first kappa shape index (κ1) is 16.0. The lowest BCUT2D eigenvalue weighted by molar-refractivity contribution is 0.0345. The van der Waals surface area contributed by atoms with E-state index in [0.29, 0.717) is 12.8 Å². The molecule has 0 aromatic heterocycles. The molecule has 1 rings (SSSR count). The molecule has 2 N–H and O–H groups in total. The molecule has 0 radical (unpaired) electrons. The van der Waals surface area contributed by atoms with Crippen LogP contribution in [0.4, 0.5) is 4.79 Å². The normalized spacial score (nSPS) is 12.9. The van der Waals surface area contributed by atoms with E-state index in [0.717, 1.165) is 10.0 Å². The second-order valence-electron chi connectivity index (χ2n) is 5.33. The van der Waals surface area contributed by atoms with Gasteiger partial charge in [-0.1, -0.05) is 28.1 Å². The number of aliphatic hydroxyl groups is 1. The molecular formula is C14H20BrNO3. The Labute approximate surface area is 122 Å². The van der Waals surface area contributed by atoms with Crippen LogP contribution in [0.25, 0.3) is 0 Å². The summed E-state index contributed by atoms with van der Waals surface area (Å²) in [6, 6.07) is 7.84. The minimum atomic E-state index is -0.908. The van der Waals surface area contributed by atoms with E-state index in [9.17, 15) is 9.90 Å². The molecule has 0 bridgehead atoms. The van der Waals surface area contributed by atoms with Crippen molar-refractivity contribution in [3.8, 4) is 0 Å². The van der Waals surface area contributed by atoms with Crippen molar-refractivity contribution in [2.45, 2.75) is 45.4 Å². The fraction of sp³-hybridized carbons (Fsp3) is 0.500. The third-order valence-electron chi connectivity index (χ3n) is 2.28. The number of hydrogen-bond donors (Lipinski definition) is 2. The highest BCUT2D eigenvalue weighted by atomic mass is 79.9. The smallest absolute Gasteiger partial charge is 0.409 e. The highest BCUT2D eigenvalue weighted by molar-refractivity contribution is 9.10. The lowest BCUT2D eigenvalue weighted by Gasteiger charge is -2.21. The maximum absolute atomic E-state index is 11.4. The molecule has 106 valence electrons. The van der Waals surface area contributed by atoms with Gasteiger partial charge in [-0.25, -0.2) is 4.79 Å². The molecule has 0 spiro atoms. The molecule has 19 heavy (non-hydrogen) atoms. The molecule has 1 atom stereocenters. The molecule has 0 aliphatic heterocycles. The second kappa shape index (κ2) is 6.91. The molecule has 0 aliphatic rings. The van der Waals surface area contributed by atoms with Crippen LogP contribution < -0.4 is 5.32 Å². The number of amides is 1. The molecule has 4 nitrogen and oxygen atoms in total. The van der Waals surface area contributed by atoms with Gasteiger partial charge in [0.15, 0.2) is 0 Å². The number of carbonyl (C=O) groups excluding carboxylic acids is 1. The molecule has 5 heteroatoms. The van der Waals surface area contributed by atoms with E-state index in [1.54, 1.807) is 20.8 Å². The predicted octanol–water partition coefficient (Wildman–Crippen LogP) is 3.22. The Balaban J connectivity index is 2.36. The van der Waals surface area contributed by atoms with E-state index in [4.69, 9.17) is 4.74 Å². The number of aliphatic hydroxyl groups excluding tert-OH is 1. The van der Waals surface area contributed by atoms with E-state index in [1.807, 2.05) is 24.3 Å². The summed E-state index contributed by atoms with van der Waals surface area (Å²) in [6.45, 7) is 5.33. The SMILES string of the molecule is CC(C)(C)OC(=O)NC(O)CCc1cccc(Br)c1. The van der Waals surface area contributed by atoms with Crippen LogP contribution in [0.5, 0.6) is 0 Å². The topological polar surface area (TPSA) is 58.6 Å². The van der Waals surface area contributed by atoms with E-state index < -0.39 is 17.9 Å². The number of halogens is 1. The number of benzene rings is 1. The van der Waals surface area contributed by atoms with Gasteiger partial charge in [0.05, 0.1) is 0 Å². The molecule has 0 fully saturated rings. The van der Waals surface area contributed by atoms with Gasteiger partial charge in [-0.3, -0.25) is 5.32 Å². The van der Waals surface area contributed by atoms with Crippen LogP contribution in [0.3, 0.4) is 0 Å². The molecule has 0 heterocycles.